The van der Waals surface area contributed by atoms with E-state index in [2.05, 4.69) is 15.6 Å². The number of amides is 3. The second kappa shape index (κ2) is 9.12. The number of urea groups is 1. The SMILES string of the molecule is O=C(CC1CCN(C(=O)NCc2ccc(F)cc2)C1)NCc1ccncc1. The minimum absolute atomic E-state index is 0.00891. The molecule has 6 nitrogen and oxygen atoms in total. The number of likely N-dealkylation sites (tertiary alicyclic amines) is 1. The predicted octanol–water partition coefficient (Wildman–Crippen LogP) is 2.46. The second-order valence-corrected chi connectivity index (χ2v) is 6.72. The predicted molar refractivity (Wildman–Crippen MR) is 99.0 cm³/mol. The average Bonchev–Trinajstić information content (AvgIpc) is 3.15. The molecule has 3 amide bonds. The van der Waals surface area contributed by atoms with Crippen LogP contribution in [0.2, 0.25) is 0 Å². The summed E-state index contributed by atoms with van der Waals surface area (Å²) in [5.74, 6) is -0.140. The zero-order valence-corrected chi connectivity index (χ0v) is 15.0. The second-order valence-electron chi connectivity index (χ2n) is 6.72. The maximum Gasteiger partial charge on any atom is 0.317 e. The van der Waals surface area contributed by atoms with E-state index in [0.717, 1.165) is 17.5 Å². The van der Waals surface area contributed by atoms with E-state index in [1.165, 1.54) is 12.1 Å². The van der Waals surface area contributed by atoms with Gasteiger partial charge in [-0.05, 0) is 47.7 Å². The topological polar surface area (TPSA) is 74.3 Å². The van der Waals surface area contributed by atoms with Gasteiger partial charge in [-0.1, -0.05) is 12.1 Å². The van der Waals surface area contributed by atoms with Crippen molar-refractivity contribution in [2.75, 3.05) is 13.1 Å². The lowest BCUT2D eigenvalue weighted by Gasteiger charge is -2.17. The van der Waals surface area contributed by atoms with Crippen LogP contribution in [0.1, 0.15) is 24.0 Å². The summed E-state index contributed by atoms with van der Waals surface area (Å²) in [4.78, 5) is 30.0. The molecule has 1 unspecified atom stereocenters. The molecule has 1 fully saturated rings. The molecule has 142 valence electrons. The van der Waals surface area contributed by atoms with Crippen molar-refractivity contribution in [3.63, 3.8) is 0 Å². The van der Waals surface area contributed by atoms with E-state index in [4.69, 9.17) is 0 Å². The van der Waals surface area contributed by atoms with Crippen LogP contribution in [0, 0.1) is 11.7 Å². The van der Waals surface area contributed by atoms with Gasteiger partial charge in [0.15, 0.2) is 0 Å². The van der Waals surface area contributed by atoms with Crippen LogP contribution in [-0.2, 0) is 17.9 Å². The van der Waals surface area contributed by atoms with Gasteiger partial charge >= 0.3 is 6.03 Å². The highest BCUT2D eigenvalue weighted by atomic mass is 19.1. The van der Waals surface area contributed by atoms with E-state index in [0.29, 0.717) is 32.6 Å². The van der Waals surface area contributed by atoms with Crippen molar-refractivity contribution < 1.29 is 14.0 Å². The standard InChI is InChI=1S/C20H23FN4O2/c21-18-3-1-15(2-4-18)13-24-20(27)25-10-7-17(14-25)11-19(26)23-12-16-5-8-22-9-6-16/h1-6,8-9,17H,7,10-14H2,(H,23,26)(H,24,27). The van der Waals surface area contributed by atoms with Crippen LogP contribution in [0.4, 0.5) is 9.18 Å². The Morgan fingerprint density at radius 2 is 1.70 bits per heavy atom. The monoisotopic (exact) mass is 370 g/mol. The van der Waals surface area contributed by atoms with Gasteiger partial charge in [-0.3, -0.25) is 9.78 Å². The van der Waals surface area contributed by atoms with E-state index in [1.54, 1.807) is 29.4 Å². The van der Waals surface area contributed by atoms with Gasteiger partial charge in [0.1, 0.15) is 5.82 Å². The smallest absolute Gasteiger partial charge is 0.317 e. The summed E-state index contributed by atoms with van der Waals surface area (Å²) in [6.45, 7) is 2.04. The normalized spacial score (nSPS) is 16.2. The van der Waals surface area contributed by atoms with Gasteiger partial charge in [-0.15, -0.1) is 0 Å². The van der Waals surface area contributed by atoms with Crippen molar-refractivity contribution in [1.29, 1.82) is 0 Å². The van der Waals surface area contributed by atoms with Gasteiger partial charge in [-0.2, -0.15) is 0 Å². The van der Waals surface area contributed by atoms with Gasteiger partial charge < -0.3 is 15.5 Å². The number of nitrogens with zero attached hydrogens (tertiary/aromatic N) is 2. The van der Waals surface area contributed by atoms with Crippen molar-refractivity contribution in [3.8, 4) is 0 Å². The lowest BCUT2D eigenvalue weighted by molar-refractivity contribution is -0.122. The molecule has 2 heterocycles. The van der Waals surface area contributed by atoms with Gasteiger partial charge in [0.2, 0.25) is 5.91 Å². The number of halogens is 1. The first-order chi connectivity index (χ1) is 13.1. The molecule has 1 aliphatic rings. The Balaban J connectivity index is 1.38. The lowest BCUT2D eigenvalue weighted by atomic mass is 10.0. The lowest BCUT2D eigenvalue weighted by Crippen LogP contribution is -2.38. The molecule has 1 saturated heterocycles. The molecule has 0 spiro atoms. The molecule has 27 heavy (non-hydrogen) atoms. The molecule has 0 radical (unpaired) electrons. The fraction of sp³-hybridized carbons (Fsp3) is 0.350. The van der Waals surface area contributed by atoms with Crippen molar-refractivity contribution in [1.82, 2.24) is 20.5 Å². The molecule has 1 atom stereocenters. The molecule has 3 rings (SSSR count). The highest BCUT2D eigenvalue weighted by Crippen LogP contribution is 2.19. The summed E-state index contributed by atoms with van der Waals surface area (Å²) in [7, 11) is 0. The first-order valence-electron chi connectivity index (χ1n) is 9.03. The van der Waals surface area contributed by atoms with Gasteiger partial charge in [0.25, 0.3) is 0 Å². The third kappa shape index (κ3) is 5.77. The molecule has 1 aromatic heterocycles. The highest BCUT2D eigenvalue weighted by molar-refractivity contribution is 5.77. The first kappa shape index (κ1) is 18.8. The molecule has 0 saturated carbocycles. The molecule has 2 N–H and O–H groups in total. The Kier molecular flexibility index (Phi) is 6.35. The minimum atomic E-state index is -0.297. The molecule has 2 aromatic rings. The Morgan fingerprint density at radius 3 is 2.44 bits per heavy atom. The van der Waals surface area contributed by atoms with Crippen LogP contribution in [0.15, 0.2) is 48.8 Å². The summed E-state index contributed by atoms with van der Waals surface area (Å²) in [6, 6.07) is 9.62. The Bertz CT molecular complexity index is 767. The molecule has 1 aliphatic heterocycles. The van der Waals surface area contributed by atoms with E-state index in [-0.39, 0.29) is 23.7 Å². The van der Waals surface area contributed by atoms with E-state index in [1.807, 2.05) is 12.1 Å². The minimum Gasteiger partial charge on any atom is -0.352 e. The number of carbonyl (C=O) groups is 2. The molecule has 1 aromatic carbocycles. The third-order valence-corrected chi connectivity index (χ3v) is 4.64. The first-order valence-corrected chi connectivity index (χ1v) is 9.03. The number of hydrogen-bond donors (Lipinski definition) is 2. The maximum absolute atomic E-state index is 12.9. The quantitative estimate of drug-likeness (QED) is 0.820. The van der Waals surface area contributed by atoms with E-state index < -0.39 is 0 Å². The Labute approximate surface area is 157 Å². The van der Waals surface area contributed by atoms with Gasteiger partial charge in [0, 0.05) is 45.0 Å². The molecular weight excluding hydrogens is 347 g/mol. The highest BCUT2D eigenvalue weighted by Gasteiger charge is 2.27. The number of carbonyl (C=O) groups excluding carboxylic acids is 2. The fourth-order valence-electron chi connectivity index (χ4n) is 3.11. The number of hydrogen-bond acceptors (Lipinski definition) is 3. The molecule has 7 heteroatoms. The number of pyridine rings is 1. The van der Waals surface area contributed by atoms with Crippen LogP contribution >= 0.6 is 0 Å². The zero-order chi connectivity index (χ0) is 19.1. The van der Waals surface area contributed by atoms with E-state index >= 15 is 0 Å². The van der Waals surface area contributed by atoms with Crippen LogP contribution in [0.5, 0.6) is 0 Å². The fourth-order valence-corrected chi connectivity index (χ4v) is 3.11. The summed E-state index contributed by atoms with van der Waals surface area (Å²) < 4.78 is 12.9. The van der Waals surface area contributed by atoms with Crippen LogP contribution in [0.25, 0.3) is 0 Å². The van der Waals surface area contributed by atoms with Crippen molar-refractivity contribution in [2.24, 2.45) is 5.92 Å². The maximum atomic E-state index is 12.9. The van der Waals surface area contributed by atoms with Crippen LogP contribution in [-0.4, -0.2) is 34.9 Å². The average molecular weight is 370 g/mol. The van der Waals surface area contributed by atoms with Crippen LogP contribution < -0.4 is 10.6 Å². The third-order valence-electron chi connectivity index (χ3n) is 4.64. The molecule has 0 aliphatic carbocycles. The van der Waals surface area contributed by atoms with Gasteiger partial charge in [-0.25, -0.2) is 9.18 Å². The Morgan fingerprint density at radius 1 is 1.04 bits per heavy atom. The number of rotatable bonds is 6. The summed E-state index contributed by atoms with van der Waals surface area (Å²) in [6.07, 6.45) is 4.61. The number of nitrogens with one attached hydrogen (secondary N) is 2. The summed E-state index contributed by atoms with van der Waals surface area (Å²) >= 11 is 0. The van der Waals surface area contributed by atoms with Crippen molar-refractivity contribution in [2.45, 2.75) is 25.9 Å². The Hall–Kier alpha value is -2.96. The largest absolute Gasteiger partial charge is 0.352 e. The molecule has 0 bridgehead atoms. The number of aromatic nitrogens is 1. The summed E-state index contributed by atoms with van der Waals surface area (Å²) in [5, 5.41) is 5.74. The van der Waals surface area contributed by atoms with Crippen molar-refractivity contribution in [3.05, 3.63) is 65.7 Å². The van der Waals surface area contributed by atoms with Crippen molar-refractivity contribution >= 4 is 11.9 Å². The van der Waals surface area contributed by atoms with Gasteiger partial charge in [0.05, 0.1) is 0 Å². The summed E-state index contributed by atoms with van der Waals surface area (Å²) in [5.41, 5.74) is 1.85. The molecular formula is C20H23FN4O2. The van der Waals surface area contributed by atoms with Crippen LogP contribution in [0.3, 0.4) is 0 Å². The van der Waals surface area contributed by atoms with E-state index in [9.17, 15) is 14.0 Å². The zero-order valence-electron chi connectivity index (χ0n) is 15.0. The number of benzene rings is 1.